The number of hydrogen-bond donors (Lipinski definition) is 2. The maximum absolute atomic E-state index is 12.8. The lowest BCUT2D eigenvalue weighted by Gasteiger charge is -2.28. The Hall–Kier alpha value is -2.08. The van der Waals surface area contributed by atoms with Gasteiger partial charge in [-0.1, -0.05) is 25.0 Å². The molecule has 1 aromatic carbocycles. The van der Waals surface area contributed by atoms with Gasteiger partial charge in [0.05, 0.1) is 13.2 Å². The van der Waals surface area contributed by atoms with Gasteiger partial charge in [0.2, 0.25) is 11.8 Å². The van der Waals surface area contributed by atoms with Gasteiger partial charge in [-0.2, -0.15) is 0 Å². The third kappa shape index (κ3) is 5.46. The summed E-state index contributed by atoms with van der Waals surface area (Å²) >= 11 is 0. The number of rotatable bonds is 8. The highest BCUT2D eigenvalue weighted by Gasteiger charge is 2.31. The predicted octanol–water partition coefficient (Wildman–Crippen LogP) is 2.11. The SMILES string of the molecule is COc1cccc(C(CNC(=O)C(NC(C)=O)C2CCCC2)N(C)C)c1. The molecule has 1 aliphatic rings. The number of nitrogens with one attached hydrogen (secondary N) is 2. The first-order valence-corrected chi connectivity index (χ1v) is 9.27. The Morgan fingerprint density at radius 3 is 2.54 bits per heavy atom. The largest absolute Gasteiger partial charge is 0.497 e. The standard InChI is InChI=1S/C20H31N3O3/c1-14(24)22-19(15-8-5-6-9-15)20(25)21-13-18(23(2)3)16-10-7-11-17(12-16)26-4/h7,10-12,15,18-19H,5-6,8-9,13H2,1-4H3,(H,21,25)(H,22,24). The topological polar surface area (TPSA) is 70.7 Å². The molecule has 144 valence electrons. The summed E-state index contributed by atoms with van der Waals surface area (Å²) in [7, 11) is 5.61. The monoisotopic (exact) mass is 361 g/mol. The van der Waals surface area contributed by atoms with E-state index >= 15 is 0 Å². The first-order chi connectivity index (χ1) is 12.4. The number of likely N-dealkylation sites (N-methyl/N-ethyl adjacent to an activating group) is 1. The van der Waals surface area contributed by atoms with Crippen LogP contribution in [0.4, 0.5) is 0 Å². The Balaban J connectivity index is 2.05. The molecule has 2 N–H and O–H groups in total. The Morgan fingerprint density at radius 2 is 1.96 bits per heavy atom. The van der Waals surface area contributed by atoms with E-state index in [2.05, 4.69) is 15.5 Å². The number of benzene rings is 1. The summed E-state index contributed by atoms with van der Waals surface area (Å²) in [5.41, 5.74) is 1.08. The van der Waals surface area contributed by atoms with Crippen LogP contribution in [0.1, 0.15) is 44.2 Å². The van der Waals surface area contributed by atoms with Crippen molar-refractivity contribution in [2.24, 2.45) is 5.92 Å². The minimum atomic E-state index is -0.442. The second-order valence-electron chi connectivity index (χ2n) is 7.22. The van der Waals surface area contributed by atoms with Crippen molar-refractivity contribution in [3.05, 3.63) is 29.8 Å². The molecule has 6 heteroatoms. The van der Waals surface area contributed by atoms with Crippen molar-refractivity contribution in [2.75, 3.05) is 27.7 Å². The molecule has 0 heterocycles. The van der Waals surface area contributed by atoms with Gasteiger partial charge in [0.15, 0.2) is 0 Å². The average molecular weight is 361 g/mol. The first kappa shape index (κ1) is 20.2. The van der Waals surface area contributed by atoms with Gasteiger partial charge < -0.3 is 20.3 Å². The molecule has 0 saturated heterocycles. The van der Waals surface area contributed by atoms with E-state index in [4.69, 9.17) is 4.74 Å². The van der Waals surface area contributed by atoms with E-state index in [-0.39, 0.29) is 23.8 Å². The van der Waals surface area contributed by atoms with E-state index in [9.17, 15) is 9.59 Å². The highest BCUT2D eigenvalue weighted by Crippen LogP contribution is 2.28. The van der Waals surface area contributed by atoms with Crippen LogP contribution in [-0.2, 0) is 9.59 Å². The maximum Gasteiger partial charge on any atom is 0.242 e. The molecular weight excluding hydrogens is 330 g/mol. The van der Waals surface area contributed by atoms with Crippen LogP contribution in [0.25, 0.3) is 0 Å². The molecule has 2 rings (SSSR count). The number of nitrogens with zero attached hydrogens (tertiary/aromatic N) is 1. The number of amides is 2. The molecule has 2 amide bonds. The van der Waals surface area contributed by atoms with Crippen LogP contribution in [0.3, 0.4) is 0 Å². The van der Waals surface area contributed by atoms with Gasteiger partial charge in [-0.05, 0) is 50.6 Å². The fourth-order valence-electron chi connectivity index (χ4n) is 3.66. The summed E-state index contributed by atoms with van der Waals surface area (Å²) in [5, 5.41) is 5.89. The number of ether oxygens (including phenoxy) is 1. The van der Waals surface area contributed by atoms with Crippen LogP contribution in [0.2, 0.25) is 0 Å². The van der Waals surface area contributed by atoms with Gasteiger partial charge in [0.1, 0.15) is 11.8 Å². The summed E-state index contributed by atoms with van der Waals surface area (Å²) < 4.78 is 5.31. The molecule has 1 saturated carbocycles. The van der Waals surface area contributed by atoms with Crippen molar-refractivity contribution in [3.8, 4) is 5.75 Å². The van der Waals surface area contributed by atoms with Crippen molar-refractivity contribution in [1.29, 1.82) is 0 Å². The molecule has 0 aliphatic heterocycles. The van der Waals surface area contributed by atoms with Crippen LogP contribution in [0, 0.1) is 5.92 Å². The van der Waals surface area contributed by atoms with E-state index < -0.39 is 6.04 Å². The number of hydrogen-bond acceptors (Lipinski definition) is 4. The van der Waals surface area contributed by atoms with E-state index in [0.29, 0.717) is 6.54 Å². The normalized spacial score (nSPS) is 17.0. The van der Waals surface area contributed by atoms with Gasteiger partial charge in [0, 0.05) is 13.5 Å². The van der Waals surface area contributed by atoms with Crippen LogP contribution >= 0.6 is 0 Å². The van der Waals surface area contributed by atoms with Gasteiger partial charge in [-0.15, -0.1) is 0 Å². The smallest absolute Gasteiger partial charge is 0.242 e. The maximum atomic E-state index is 12.8. The summed E-state index contributed by atoms with van der Waals surface area (Å²) in [4.78, 5) is 26.4. The number of methoxy groups -OCH3 is 1. The predicted molar refractivity (Wildman–Crippen MR) is 102 cm³/mol. The molecule has 2 atom stereocenters. The van der Waals surface area contributed by atoms with Crippen LogP contribution in [0.5, 0.6) is 5.75 Å². The van der Waals surface area contributed by atoms with Crippen molar-refractivity contribution in [1.82, 2.24) is 15.5 Å². The van der Waals surface area contributed by atoms with E-state index in [0.717, 1.165) is 37.0 Å². The molecule has 1 aliphatic carbocycles. The zero-order valence-electron chi connectivity index (χ0n) is 16.2. The van der Waals surface area contributed by atoms with Gasteiger partial charge in [-0.25, -0.2) is 0 Å². The molecule has 1 fully saturated rings. The van der Waals surface area contributed by atoms with Gasteiger partial charge in [0.25, 0.3) is 0 Å². The molecule has 26 heavy (non-hydrogen) atoms. The zero-order chi connectivity index (χ0) is 19.1. The molecule has 6 nitrogen and oxygen atoms in total. The molecule has 0 radical (unpaired) electrons. The van der Waals surface area contributed by atoms with E-state index in [1.54, 1.807) is 7.11 Å². The quantitative estimate of drug-likeness (QED) is 0.744. The lowest BCUT2D eigenvalue weighted by Crippen LogP contribution is -2.51. The second kappa shape index (κ2) is 9.57. The highest BCUT2D eigenvalue weighted by molar-refractivity contribution is 5.87. The number of carbonyl (C=O) groups excluding carboxylic acids is 2. The third-order valence-electron chi connectivity index (χ3n) is 5.08. The molecule has 2 unspecified atom stereocenters. The van der Waals surface area contributed by atoms with Crippen molar-refractivity contribution in [3.63, 3.8) is 0 Å². The van der Waals surface area contributed by atoms with Gasteiger partial charge >= 0.3 is 0 Å². The second-order valence-corrected chi connectivity index (χ2v) is 7.22. The zero-order valence-corrected chi connectivity index (χ0v) is 16.2. The fourth-order valence-corrected chi connectivity index (χ4v) is 3.66. The van der Waals surface area contributed by atoms with Crippen LogP contribution in [0.15, 0.2) is 24.3 Å². The minimum absolute atomic E-state index is 0.0237. The third-order valence-corrected chi connectivity index (χ3v) is 5.08. The van der Waals surface area contributed by atoms with Crippen molar-refractivity contribution < 1.29 is 14.3 Å². The Labute approximate surface area is 156 Å². The molecule has 1 aromatic rings. The highest BCUT2D eigenvalue weighted by atomic mass is 16.5. The molecule has 0 bridgehead atoms. The summed E-state index contributed by atoms with van der Waals surface area (Å²) in [5.74, 6) is 0.770. The molecule has 0 spiro atoms. The summed E-state index contributed by atoms with van der Waals surface area (Å²) in [6.45, 7) is 1.94. The Kier molecular flexibility index (Phi) is 7.45. The molecular formula is C20H31N3O3. The van der Waals surface area contributed by atoms with Crippen molar-refractivity contribution >= 4 is 11.8 Å². The fraction of sp³-hybridized carbons (Fsp3) is 0.600. The first-order valence-electron chi connectivity index (χ1n) is 9.27. The summed E-state index contributed by atoms with van der Waals surface area (Å²) in [6, 6.07) is 7.45. The Morgan fingerprint density at radius 1 is 1.27 bits per heavy atom. The number of carbonyl (C=O) groups is 2. The van der Waals surface area contributed by atoms with Gasteiger partial charge in [-0.3, -0.25) is 9.59 Å². The Bertz CT molecular complexity index is 612. The minimum Gasteiger partial charge on any atom is -0.497 e. The lowest BCUT2D eigenvalue weighted by molar-refractivity contribution is -0.129. The van der Waals surface area contributed by atoms with Crippen LogP contribution < -0.4 is 15.4 Å². The average Bonchev–Trinajstić information content (AvgIpc) is 3.13. The van der Waals surface area contributed by atoms with Crippen LogP contribution in [-0.4, -0.2) is 50.5 Å². The lowest BCUT2D eigenvalue weighted by atomic mass is 9.97. The summed E-state index contributed by atoms with van der Waals surface area (Å²) in [6.07, 6.45) is 4.23. The van der Waals surface area contributed by atoms with E-state index in [1.807, 2.05) is 38.4 Å². The molecule has 0 aromatic heterocycles. The van der Waals surface area contributed by atoms with E-state index in [1.165, 1.54) is 6.92 Å². The van der Waals surface area contributed by atoms with Crippen molar-refractivity contribution in [2.45, 2.75) is 44.7 Å².